The summed E-state index contributed by atoms with van der Waals surface area (Å²) < 4.78 is 30.1. The number of carbonyl (C=O) groups excluding carboxylic acids is 1. The van der Waals surface area contributed by atoms with E-state index in [2.05, 4.69) is 4.74 Å². The first kappa shape index (κ1) is 13.7. The molecule has 0 fully saturated rings. The monoisotopic (exact) mass is 238 g/mol. The highest BCUT2D eigenvalue weighted by Gasteiger charge is 2.13. The first-order valence-corrected chi connectivity index (χ1v) is 5.62. The summed E-state index contributed by atoms with van der Waals surface area (Å²) in [7, 11) is -3.93. The zero-order chi connectivity index (χ0) is 11.9. The van der Waals surface area contributed by atoms with Crippen molar-refractivity contribution in [3.8, 4) is 0 Å². The van der Waals surface area contributed by atoms with E-state index in [1.54, 1.807) is 11.6 Å². The van der Waals surface area contributed by atoms with Crippen molar-refractivity contribution in [2.45, 2.75) is 13.3 Å². The molecule has 0 aliphatic carbocycles. The fourth-order valence-electron chi connectivity index (χ4n) is 0.626. The van der Waals surface area contributed by atoms with Crippen LogP contribution in [0.3, 0.4) is 0 Å². The average Bonchev–Trinajstić information content (AvgIpc) is 2.01. The summed E-state index contributed by atoms with van der Waals surface area (Å²) in [5, 5.41) is 6.84. The Morgan fingerprint density at radius 1 is 1.53 bits per heavy atom. The number of amidine groups is 1. The molecule has 0 aliphatic rings. The Morgan fingerprint density at radius 2 is 2.13 bits per heavy atom. The van der Waals surface area contributed by atoms with Crippen molar-refractivity contribution in [1.82, 2.24) is 9.44 Å². The molecule has 0 aromatic carbocycles. The molecule has 0 saturated heterocycles. The summed E-state index contributed by atoms with van der Waals surface area (Å²) in [6.45, 7) is 1.58. The summed E-state index contributed by atoms with van der Waals surface area (Å²) in [4.78, 5) is 10.7. The number of rotatable bonds is 6. The van der Waals surface area contributed by atoms with Crippen LogP contribution in [0.25, 0.3) is 0 Å². The predicted molar refractivity (Wildman–Crippen MR) is 53.6 cm³/mol. The van der Waals surface area contributed by atoms with E-state index >= 15 is 0 Å². The van der Waals surface area contributed by atoms with Gasteiger partial charge in [-0.05, 0) is 6.92 Å². The molecule has 0 rings (SSSR count). The normalized spacial score (nSPS) is 10.7. The number of amides is 1. The SMILES string of the molecule is CCOC(=O)NS(=O)(=O)NCCC(=N)N. The molecule has 0 radical (unpaired) electrons. The highest BCUT2D eigenvalue weighted by atomic mass is 32.2. The zero-order valence-corrected chi connectivity index (χ0v) is 9.06. The van der Waals surface area contributed by atoms with E-state index < -0.39 is 16.3 Å². The van der Waals surface area contributed by atoms with Crippen LogP contribution in [-0.4, -0.2) is 33.5 Å². The van der Waals surface area contributed by atoms with Gasteiger partial charge >= 0.3 is 16.3 Å². The van der Waals surface area contributed by atoms with Crippen LogP contribution in [-0.2, 0) is 14.9 Å². The lowest BCUT2D eigenvalue weighted by Gasteiger charge is -2.07. The molecule has 0 bridgehead atoms. The molecule has 1 amide bonds. The highest BCUT2D eigenvalue weighted by molar-refractivity contribution is 7.88. The molecule has 8 nitrogen and oxygen atoms in total. The maximum atomic E-state index is 11.1. The third kappa shape index (κ3) is 7.70. The number of carbonyl (C=O) groups is 1. The van der Waals surface area contributed by atoms with E-state index in [-0.39, 0.29) is 25.4 Å². The van der Waals surface area contributed by atoms with E-state index in [4.69, 9.17) is 11.1 Å². The lowest BCUT2D eigenvalue weighted by atomic mass is 10.4. The van der Waals surface area contributed by atoms with Gasteiger partial charge < -0.3 is 10.5 Å². The zero-order valence-electron chi connectivity index (χ0n) is 8.24. The molecule has 15 heavy (non-hydrogen) atoms. The fourth-order valence-corrected chi connectivity index (χ4v) is 1.35. The fraction of sp³-hybridized carbons (Fsp3) is 0.667. The second kappa shape index (κ2) is 6.19. The number of nitrogens with two attached hydrogens (primary N) is 1. The summed E-state index contributed by atoms with van der Waals surface area (Å²) in [6.07, 6.45) is -0.975. The number of hydrogen-bond donors (Lipinski definition) is 4. The topological polar surface area (TPSA) is 134 Å². The molecule has 5 N–H and O–H groups in total. The number of hydrogen-bond acceptors (Lipinski definition) is 5. The van der Waals surface area contributed by atoms with Crippen LogP contribution in [0.15, 0.2) is 0 Å². The van der Waals surface area contributed by atoms with Gasteiger partial charge in [0, 0.05) is 13.0 Å². The van der Waals surface area contributed by atoms with Gasteiger partial charge in [-0.2, -0.15) is 13.1 Å². The van der Waals surface area contributed by atoms with Crippen LogP contribution >= 0.6 is 0 Å². The van der Waals surface area contributed by atoms with Crippen LogP contribution < -0.4 is 15.2 Å². The molecule has 0 unspecified atom stereocenters. The van der Waals surface area contributed by atoms with Crippen molar-refractivity contribution >= 4 is 22.1 Å². The van der Waals surface area contributed by atoms with Crippen LogP contribution in [0.4, 0.5) is 4.79 Å². The molecule has 0 spiro atoms. The van der Waals surface area contributed by atoms with E-state index in [9.17, 15) is 13.2 Å². The second-order valence-corrected chi connectivity index (χ2v) is 4.00. The van der Waals surface area contributed by atoms with Crippen LogP contribution in [0.5, 0.6) is 0 Å². The highest BCUT2D eigenvalue weighted by Crippen LogP contribution is 1.83. The quantitative estimate of drug-likeness (QED) is 0.344. The summed E-state index contributed by atoms with van der Waals surface area (Å²) >= 11 is 0. The van der Waals surface area contributed by atoms with E-state index in [1.807, 2.05) is 4.72 Å². The minimum Gasteiger partial charge on any atom is -0.449 e. The van der Waals surface area contributed by atoms with Crippen molar-refractivity contribution in [3.05, 3.63) is 0 Å². The lowest BCUT2D eigenvalue weighted by Crippen LogP contribution is -2.41. The van der Waals surface area contributed by atoms with Gasteiger partial charge in [0.25, 0.3) is 0 Å². The summed E-state index contributed by atoms with van der Waals surface area (Å²) in [6, 6.07) is 0. The van der Waals surface area contributed by atoms with Crippen molar-refractivity contribution in [2.24, 2.45) is 5.73 Å². The van der Waals surface area contributed by atoms with E-state index in [0.717, 1.165) is 0 Å². The van der Waals surface area contributed by atoms with Crippen LogP contribution in [0.2, 0.25) is 0 Å². The van der Waals surface area contributed by atoms with Gasteiger partial charge in [-0.15, -0.1) is 0 Å². The molecule has 0 aromatic heterocycles. The predicted octanol–water partition coefficient (Wildman–Crippen LogP) is -1.11. The summed E-state index contributed by atoms with van der Waals surface area (Å²) in [5.41, 5.74) is 5.01. The van der Waals surface area contributed by atoms with Crippen molar-refractivity contribution in [2.75, 3.05) is 13.2 Å². The van der Waals surface area contributed by atoms with Gasteiger partial charge in [-0.25, -0.2) is 9.52 Å². The Bertz CT molecular complexity index is 326. The second-order valence-electron chi connectivity index (χ2n) is 2.50. The first-order valence-electron chi connectivity index (χ1n) is 4.14. The molecule has 0 heterocycles. The van der Waals surface area contributed by atoms with Crippen LogP contribution in [0, 0.1) is 5.41 Å². The minimum atomic E-state index is -3.93. The first-order chi connectivity index (χ1) is 6.87. The molecule has 0 aromatic rings. The van der Waals surface area contributed by atoms with Crippen LogP contribution in [0.1, 0.15) is 13.3 Å². The Kier molecular flexibility index (Phi) is 5.64. The van der Waals surface area contributed by atoms with Gasteiger partial charge in [0.1, 0.15) is 0 Å². The maximum absolute atomic E-state index is 11.1. The third-order valence-electron chi connectivity index (χ3n) is 1.18. The van der Waals surface area contributed by atoms with E-state index in [0.29, 0.717) is 0 Å². The molecular weight excluding hydrogens is 224 g/mol. The van der Waals surface area contributed by atoms with Gasteiger partial charge in [-0.1, -0.05) is 0 Å². The largest absolute Gasteiger partial charge is 0.449 e. The molecule has 0 atom stereocenters. The molecular formula is C6H14N4O4S. The van der Waals surface area contributed by atoms with Gasteiger partial charge in [0.2, 0.25) is 0 Å². The Morgan fingerprint density at radius 3 is 2.60 bits per heavy atom. The van der Waals surface area contributed by atoms with Crippen molar-refractivity contribution < 1.29 is 17.9 Å². The lowest BCUT2D eigenvalue weighted by molar-refractivity contribution is 0.158. The van der Waals surface area contributed by atoms with Crippen molar-refractivity contribution in [3.63, 3.8) is 0 Å². The Balaban J connectivity index is 3.97. The minimum absolute atomic E-state index is 0.0515. The maximum Gasteiger partial charge on any atom is 0.421 e. The molecule has 0 saturated carbocycles. The summed E-state index contributed by atoms with van der Waals surface area (Å²) in [5.74, 6) is -0.145. The third-order valence-corrected chi connectivity index (χ3v) is 2.20. The van der Waals surface area contributed by atoms with E-state index in [1.165, 1.54) is 0 Å². The number of ether oxygens (including phenoxy) is 1. The molecule has 9 heteroatoms. The standard InChI is InChI=1S/C6H14N4O4S/c1-2-14-6(11)10-15(12,13)9-4-3-5(7)8/h9H,2-4H2,1H3,(H3,7,8)(H,10,11). The Labute approximate surface area is 87.9 Å². The van der Waals surface area contributed by atoms with Gasteiger partial charge in [0.05, 0.1) is 12.4 Å². The average molecular weight is 238 g/mol. The smallest absolute Gasteiger partial charge is 0.421 e. The van der Waals surface area contributed by atoms with Crippen molar-refractivity contribution in [1.29, 1.82) is 5.41 Å². The molecule has 0 aliphatic heterocycles. The van der Waals surface area contributed by atoms with Gasteiger partial charge in [-0.3, -0.25) is 5.41 Å². The Hall–Kier alpha value is -1.35. The number of nitrogens with one attached hydrogen (secondary N) is 3. The van der Waals surface area contributed by atoms with Gasteiger partial charge in [0.15, 0.2) is 0 Å². The molecule has 88 valence electrons.